The van der Waals surface area contributed by atoms with Crippen LogP contribution in [0.4, 0.5) is 0 Å². The number of aryl methyl sites for hydroxylation is 1. The van der Waals surface area contributed by atoms with E-state index in [-0.39, 0.29) is 0 Å². The molecule has 0 bridgehead atoms. The fourth-order valence-corrected chi connectivity index (χ4v) is 1.87. The molecule has 1 aromatic carbocycles. The van der Waals surface area contributed by atoms with E-state index in [9.17, 15) is 5.11 Å². The van der Waals surface area contributed by atoms with E-state index >= 15 is 0 Å². The molecule has 0 aliphatic heterocycles. The van der Waals surface area contributed by atoms with E-state index in [1.54, 1.807) is 6.20 Å². The van der Waals surface area contributed by atoms with Gasteiger partial charge < -0.3 is 5.11 Å². The maximum absolute atomic E-state index is 10.2. The first-order valence-electron chi connectivity index (χ1n) is 6.28. The van der Waals surface area contributed by atoms with Crippen molar-refractivity contribution < 1.29 is 5.11 Å². The zero-order valence-electron chi connectivity index (χ0n) is 11.1. The first kappa shape index (κ1) is 12.8. The molecule has 1 unspecified atom stereocenters. The molecule has 2 rings (SSSR count). The van der Waals surface area contributed by atoms with Crippen molar-refractivity contribution in [3.8, 4) is 0 Å². The third-order valence-electron chi connectivity index (χ3n) is 3.13. The minimum atomic E-state index is -0.646. The summed E-state index contributed by atoms with van der Waals surface area (Å²) in [7, 11) is 0. The highest BCUT2D eigenvalue weighted by atomic mass is 16.3. The van der Waals surface area contributed by atoms with Crippen LogP contribution in [0, 0.1) is 6.92 Å². The Hall–Kier alpha value is -1.67. The maximum Gasteiger partial charge on any atom is 0.121 e. The summed E-state index contributed by atoms with van der Waals surface area (Å²) in [5, 5.41) is 10.2. The Kier molecular flexibility index (Phi) is 3.78. The molecule has 1 N–H and O–H groups in total. The number of pyridine rings is 1. The molecule has 0 aliphatic rings. The molecule has 1 heterocycles. The average molecular weight is 241 g/mol. The minimum Gasteiger partial charge on any atom is -0.382 e. The van der Waals surface area contributed by atoms with Crippen LogP contribution < -0.4 is 0 Å². The minimum absolute atomic E-state index is 0.508. The summed E-state index contributed by atoms with van der Waals surface area (Å²) in [5.41, 5.74) is 3.96. The van der Waals surface area contributed by atoms with E-state index in [1.165, 1.54) is 5.56 Å². The largest absolute Gasteiger partial charge is 0.382 e. The molecule has 2 nitrogen and oxygen atoms in total. The molecular formula is C16H19NO. The lowest BCUT2D eigenvalue weighted by Gasteiger charge is -2.12. The summed E-state index contributed by atoms with van der Waals surface area (Å²) in [5.74, 6) is 0.508. The summed E-state index contributed by atoms with van der Waals surface area (Å²) in [6.45, 7) is 6.31. The predicted octanol–water partition coefficient (Wildman–Crippen LogP) is 3.60. The summed E-state index contributed by atoms with van der Waals surface area (Å²) in [6.07, 6.45) is 1.13. The van der Waals surface area contributed by atoms with Gasteiger partial charge in [-0.05, 0) is 35.6 Å². The third kappa shape index (κ3) is 2.77. The molecule has 0 radical (unpaired) electrons. The highest BCUT2D eigenvalue weighted by molar-refractivity contribution is 5.30. The van der Waals surface area contributed by atoms with Crippen molar-refractivity contribution in [3.05, 3.63) is 65.0 Å². The van der Waals surface area contributed by atoms with Gasteiger partial charge in [-0.3, -0.25) is 4.98 Å². The van der Waals surface area contributed by atoms with E-state index < -0.39 is 6.10 Å². The first-order valence-corrected chi connectivity index (χ1v) is 6.28. The summed E-state index contributed by atoms with van der Waals surface area (Å²) < 4.78 is 0. The van der Waals surface area contributed by atoms with Gasteiger partial charge >= 0.3 is 0 Å². The molecule has 0 fully saturated rings. The van der Waals surface area contributed by atoms with Gasteiger partial charge in [-0.1, -0.05) is 44.2 Å². The van der Waals surface area contributed by atoms with Gasteiger partial charge in [-0.15, -0.1) is 0 Å². The number of benzene rings is 1. The highest BCUT2D eigenvalue weighted by Crippen LogP contribution is 2.22. The molecule has 0 aliphatic carbocycles. The van der Waals surface area contributed by atoms with Crippen LogP contribution in [0.3, 0.4) is 0 Å². The number of rotatable bonds is 3. The van der Waals surface area contributed by atoms with Crippen molar-refractivity contribution in [1.29, 1.82) is 0 Å². The Labute approximate surface area is 108 Å². The predicted molar refractivity (Wildman–Crippen MR) is 73.6 cm³/mol. The molecule has 0 spiro atoms. The van der Waals surface area contributed by atoms with Gasteiger partial charge in [0.15, 0.2) is 0 Å². The highest BCUT2D eigenvalue weighted by Gasteiger charge is 2.11. The zero-order chi connectivity index (χ0) is 13.1. The van der Waals surface area contributed by atoms with Crippen molar-refractivity contribution in [2.24, 2.45) is 0 Å². The van der Waals surface area contributed by atoms with Crippen LogP contribution in [0.1, 0.15) is 48.3 Å². The van der Waals surface area contributed by atoms with Crippen molar-refractivity contribution >= 4 is 0 Å². The van der Waals surface area contributed by atoms with E-state index in [1.807, 2.05) is 31.2 Å². The van der Waals surface area contributed by atoms with Crippen LogP contribution in [0.15, 0.2) is 42.6 Å². The molecule has 18 heavy (non-hydrogen) atoms. The summed E-state index contributed by atoms with van der Waals surface area (Å²) in [4.78, 5) is 4.26. The fraction of sp³-hybridized carbons (Fsp3) is 0.312. The number of aromatic nitrogens is 1. The van der Waals surface area contributed by atoms with Crippen LogP contribution in [0.25, 0.3) is 0 Å². The van der Waals surface area contributed by atoms with E-state index in [4.69, 9.17) is 0 Å². The van der Waals surface area contributed by atoms with E-state index in [0.29, 0.717) is 11.6 Å². The Balaban J connectivity index is 2.23. The van der Waals surface area contributed by atoms with Crippen LogP contribution in [-0.2, 0) is 0 Å². The molecule has 1 aromatic heterocycles. The lowest BCUT2D eigenvalue weighted by atomic mass is 9.99. The van der Waals surface area contributed by atoms with Crippen LogP contribution >= 0.6 is 0 Å². The zero-order valence-corrected chi connectivity index (χ0v) is 11.1. The maximum atomic E-state index is 10.2. The molecular weight excluding hydrogens is 222 g/mol. The second-order valence-electron chi connectivity index (χ2n) is 4.98. The second kappa shape index (κ2) is 5.32. The molecule has 0 saturated heterocycles. The van der Waals surface area contributed by atoms with E-state index in [2.05, 4.69) is 31.0 Å². The molecule has 2 heteroatoms. The van der Waals surface area contributed by atoms with Gasteiger partial charge in [0.2, 0.25) is 0 Å². The summed E-state index contributed by atoms with van der Waals surface area (Å²) in [6, 6.07) is 11.9. The second-order valence-corrected chi connectivity index (χ2v) is 4.98. The van der Waals surface area contributed by atoms with Crippen LogP contribution in [-0.4, -0.2) is 10.1 Å². The van der Waals surface area contributed by atoms with E-state index in [0.717, 1.165) is 11.1 Å². The van der Waals surface area contributed by atoms with Crippen molar-refractivity contribution in [3.63, 3.8) is 0 Å². The Bertz CT molecular complexity index is 500. The van der Waals surface area contributed by atoms with Crippen molar-refractivity contribution in [2.75, 3.05) is 0 Å². The monoisotopic (exact) mass is 241 g/mol. The normalized spacial score (nSPS) is 12.7. The molecule has 94 valence electrons. The third-order valence-corrected chi connectivity index (χ3v) is 3.13. The average Bonchev–Trinajstić information content (AvgIpc) is 2.39. The number of nitrogens with zero attached hydrogens (tertiary/aromatic N) is 1. The Morgan fingerprint density at radius 3 is 2.06 bits per heavy atom. The van der Waals surface area contributed by atoms with Gasteiger partial charge in [0, 0.05) is 6.20 Å². The molecule has 0 saturated carbocycles. The van der Waals surface area contributed by atoms with Gasteiger partial charge in [-0.25, -0.2) is 0 Å². The number of aliphatic hydroxyl groups excluding tert-OH is 1. The first-order chi connectivity index (χ1) is 8.58. The Morgan fingerprint density at radius 1 is 0.944 bits per heavy atom. The van der Waals surface area contributed by atoms with Crippen molar-refractivity contribution in [2.45, 2.75) is 32.8 Å². The topological polar surface area (TPSA) is 33.1 Å². The number of hydrogen-bond donors (Lipinski definition) is 1. The lowest BCUT2D eigenvalue weighted by Crippen LogP contribution is -2.02. The van der Waals surface area contributed by atoms with Gasteiger partial charge in [-0.2, -0.15) is 0 Å². The van der Waals surface area contributed by atoms with Gasteiger partial charge in [0.25, 0.3) is 0 Å². The number of aliphatic hydroxyl groups is 1. The standard InChI is InChI=1S/C16H19NO/c1-11(2)13-5-7-14(8-6-13)16(18)15-9-4-12(3)10-17-15/h4-11,16,18H,1-3H3. The number of hydrogen-bond acceptors (Lipinski definition) is 2. The summed E-state index contributed by atoms with van der Waals surface area (Å²) >= 11 is 0. The molecule has 1 atom stereocenters. The van der Waals surface area contributed by atoms with Crippen LogP contribution in [0.5, 0.6) is 0 Å². The van der Waals surface area contributed by atoms with Gasteiger partial charge in [0.05, 0.1) is 5.69 Å². The van der Waals surface area contributed by atoms with Crippen molar-refractivity contribution in [1.82, 2.24) is 4.98 Å². The smallest absolute Gasteiger partial charge is 0.121 e. The Morgan fingerprint density at radius 2 is 1.56 bits per heavy atom. The molecule has 0 amide bonds. The quantitative estimate of drug-likeness (QED) is 0.890. The molecule has 2 aromatic rings. The lowest BCUT2D eigenvalue weighted by molar-refractivity contribution is 0.215. The van der Waals surface area contributed by atoms with Crippen LogP contribution in [0.2, 0.25) is 0 Å². The fourth-order valence-electron chi connectivity index (χ4n) is 1.87. The SMILES string of the molecule is Cc1ccc(C(O)c2ccc(C(C)C)cc2)nc1. The van der Waals surface area contributed by atoms with Gasteiger partial charge in [0.1, 0.15) is 6.10 Å².